The first-order valence-electron chi connectivity index (χ1n) is 10.0. The fraction of sp³-hybridized carbons (Fsp3) is 0.154. The number of aromatic nitrogens is 2. The van der Waals surface area contributed by atoms with E-state index in [-0.39, 0.29) is 21.1 Å². The van der Waals surface area contributed by atoms with Crippen LogP contribution in [0.2, 0.25) is 0 Å². The third-order valence-corrected chi connectivity index (χ3v) is 5.49. The Morgan fingerprint density at radius 1 is 0.645 bits per heavy atom. The minimum absolute atomic E-state index is 0. The van der Waals surface area contributed by atoms with E-state index in [9.17, 15) is 0 Å². The Hall–Kier alpha value is -2.97. The molecule has 0 fully saturated rings. The first-order valence-corrected chi connectivity index (χ1v) is 10.0. The van der Waals surface area contributed by atoms with Gasteiger partial charge in [0.2, 0.25) is 0 Å². The topological polar surface area (TPSA) is 32.3 Å². The molecule has 154 valence electrons. The zero-order valence-electron chi connectivity index (χ0n) is 17.4. The van der Waals surface area contributed by atoms with Crippen LogP contribution in [0.25, 0.3) is 22.3 Å². The molecule has 1 aliphatic heterocycles. The number of anilines is 2. The van der Waals surface area contributed by atoms with Crippen molar-refractivity contribution in [2.24, 2.45) is 0 Å². The van der Waals surface area contributed by atoms with Gasteiger partial charge in [0, 0.05) is 38.6 Å². The maximum Gasteiger partial charge on any atom is 4.00 e. The van der Waals surface area contributed by atoms with Gasteiger partial charge < -0.3 is 9.80 Å². The molecule has 4 aromatic rings. The number of fused-ring (bicyclic) bond motifs is 8. The van der Waals surface area contributed by atoms with Gasteiger partial charge in [0.15, 0.2) is 0 Å². The molecular weight excluding hydrogens is 563 g/mol. The number of nitrogens with zero attached hydrogens (tertiary/aromatic N) is 4. The zero-order chi connectivity index (χ0) is 20.5. The molecular formula is C26H22N4Pt+2. The summed E-state index contributed by atoms with van der Waals surface area (Å²) in [4.78, 5) is 13.6. The van der Waals surface area contributed by atoms with E-state index in [0.29, 0.717) is 13.1 Å². The molecule has 31 heavy (non-hydrogen) atoms. The van der Waals surface area contributed by atoms with Gasteiger partial charge >= 0.3 is 21.1 Å². The first kappa shape index (κ1) is 21.3. The summed E-state index contributed by atoms with van der Waals surface area (Å²) < 4.78 is 0. The molecule has 0 aliphatic carbocycles. The fourth-order valence-corrected chi connectivity index (χ4v) is 4.03. The van der Waals surface area contributed by atoms with Crippen molar-refractivity contribution in [2.45, 2.75) is 13.1 Å². The smallest absolute Gasteiger partial charge is 0.379 e. The number of hydrogen-bond acceptors (Lipinski definition) is 4. The van der Waals surface area contributed by atoms with Gasteiger partial charge in [-0.05, 0) is 23.8 Å². The van der Waals surface area contributed by atoms with Crippen molar-refractivity contribution in [1.29, 1.82) is 0 Å². The van der Waals surface area contributed by atoms with E-state index < -0.39 is 0 Å². The predicted octanol–water partition coefficient (Wildman–Crippen LogP) is 4.99. The van der Waals surface area contributed by atoms with E-state index in [1.165, 1.54) is 0 Å². The second-order valence-electron chi connectivity index (χ2n) is 7.61. The van der Waals surface area contributed by atoms with Crippen LogP contribution in [0.1, 0.15) is 11.4 Å². The van der Waals surface area contributed by atoms with Gasteiger partial charge in [0.25, 0.3) is 0 Å². The van der Waals surface area contributed by atoms with Gasteiger partial charge in [0.05, 0.1) is 0 Å². The van der Waals surface area contributed by atoms with Gasteiger partial charge in [0.1, 0.15) is 0 Å². The van der Waals surface area contributed by atoms with Crippen molar-refractivity contribution in [2.75, 3.05) is 23.9 Å². The molecule has 3 heterocycles. The average Bonchev–Trinajstić information content (AvgIpc) is 2.79. The summed E-state index contributed by atoms with van der Waals surface area (Å²) in [5.41, 5.74) is 8.48. The summed E-state index contributed by atoms with van der Waals surface area (Å²) in [6, 6.07) is 28.0. The van der Waals surface area contributed by atoms with Crippen molar-refractivity contribution in [3.63, 3.8) is 0 Å². The first-order chi connectivity index (χ1) is 14.7. The summed E-state index contributed by atoms with van der Waals surface area (Å²) in [7, 11) is 4.19. The Balaban J connectivity index is 0.00000231. The minimum atomic E-state index is 0. The second kappa shape index (κ2) is 9.03. The number of pyridine rings is 2. The van der Waals surface area contributed by atoms with Crippen LogP contribution in [-0.4, -0.2) is 24.1 Å². The van der Waals surface area contributed by atoms with Crippen LogP contribution >= 0.6 is 0 Å². The van der Waals surface area contributed by atoms with Crippen molar-refractivity contribution < 1.29 is 21.1 Å². The summed E-state index contributed by atoms with van der Waals surface area (Å²) in [5, 5.41) is 0. The van der Waals surface area contributed by atoms with Crippen molar-refractivity contribution in [1.82, 2.24) is 9.97 Å². The van der Waals surface area contributed by atoms with Gasteiger partial charge in [-0.2, -0.15) is 23.3 Å². The van der Waals surface area contributed by atoms with Crippen LogP contribution in [0, 0.1) is 12.1 Å². The Morgan fingerprint density at radius 2 is 1.06 bits per heavy atom. The van der Waals surface area contributed by atoms with Crippen molar-refractivity contribution in [3.8, 4) is 22.3 Å². The van der Waals surface area contributed by atoms with Crippen molar-refractivity contribution >= 4 is 11.4 Å². The molecule has 2 aromatic heterocycles. The van der Waals surface area contributed by atoms with Crippen LogP contribution < -0.4 is 9.80 Å². The standard InChI is InChI=1S/C26H22N4.Pt/c1-29-17-21-15-20(12-13-27-21)24-8-4-6-10-26(24)30(2)18-22-16-19(11-14-28-22)23-7-3-5-9-25(23)29;/h3-14H,17-18H2,1-2H3;/q-2;+4. The predicted molar refractivity (Wildman–Crippen MR) is 121 cm³/mol. The number of hydrogen-bond donors (Lipinski definition) is 0. The molecule has 5 rings (SSSR count). The summed E-state index contributed by atoms with van der Waals surface area (Å²) in [5.74, 6) is 0. The van der Waals surface area contributed by atoms with E-state index in [0.717, 1.165) is 45.0 Å². The maximum atomic E-state index is 4.59. The molecule has 0 unspecified atom stereocenters. The maximum absolute atomic E-state index is 4.59. The molecule has 1 aliphatic rings. The number of benzene rings is 2. The van der Waals surface area contributed by atoms with Gasteiger partial charge in [-0.15, -0.1) is 35.4 Å². The van der Waals surface area contributed by atoms with Gasteiger partial charge in [-0.1, -0.05) is 36.4 Å². The Kier molecular flexibility index (Phi) is 6.20. The van der Waals surface area contributed by atoms with Gasteiger partial charge in [-0.25, -0.2) is 0 Å². The Labute approximate surface area is 197 Å². The van der Waals surface area contributed by atoms with Crippen LogP contribution in [0.5, 0.6) is 0 Å². The average molecular weight is 586 g/mol. The fourth-order valence-electron chi connectivity index (χ4n) is 4.03. The third kappa shape index (κ3) is 4.26. The second-order valence-corrected chi connectivity index (χ2v) is 7.61. The van der Waals surface area contributed by atoms with Crippen LogP contribution in [-0.2, 0) is 34.2 Å². The summed E-state index contributed by atoms with van der Waals surface area (Å²) >= 11 is 0. The normalized spacial score (nSPS) is 12.8. The Morgan fingerprint density at radius 3 is 1.52 bits per heavy atom. The molecule has 0 spiro atoms. The summed E-state index contributed by atoms with van der Waals surface area (Å²) in [6.07, 6.45) is 3.75. The number of para-hydroxylation sites is 2. The zero-order valence-corrected chi connectivity index (χ0v) is 19.7. The minimum Gasteiger partial charge on any atom is -0.379 e. The molecule has 0 atom stereocenters. The quantitative estimate of drug-likeness (QED) is 0.272. The van der Waals surface area contributed by atoms with E-state index in [4.69, 9.17) is 0 Å². The molecule has 4 bridgehead atoms. The van der Waals surface area contributed by atoms with E-state index in [1.54, 1.807) is 0 Å². The molecule has 0 amide bonds. The van der Waals surface area contributed by atoms with Crippen LogP contribution in [0.3, 0.4) is 0 Å². The van der Waals surface area contributed by atoms with Gasteiger partial charge in [-0.3, -0.25) is 9.97 Å². The number of rotatable bonds is 0. The third-order valence-electron chi connectivity index (χ3n) is 5.49. The molecule has 0 saturated carbocycles. The molecule has 2 aromatic carbocycles. The SMILES string of the molecule is CN1Cc2[c-]c(ccn2)-c2ccccc2N(C)Cc2[c-]c(ccn2)-c2ccccc21.[Pt+4]. The van der Waals surface area contributed by atoms with E-state index in [1.807, 2.05) is 24.5 Å². The van der Waals surface area contributed by atoms with Crippen LogP contribution in [0.4, 0.5) is 11.4 Å². The molecule has 4 nitrogen and oxygen atoms in total. The van der Waals surface area contributed by atoms with E-state index in [2.05, 4.69) is 94.5 Å². The largest absolute Gasteiger partial charge is 4.00 e. The molecule has 0 saturated heterocycles. The summed E-state index contributed by atoms with van der Waals surface area (Å²) in [6.45, 7) is 1.33. The molecule has 5 heteroatoms. The Bertz CT molecular complexity index is 1110. The van der Waals surface area contributed by atoms with Crippen LogP contribution in [0.15, 0.2) is 73.1 Å². The monoisotopic (exact) mass is 585 g/mol. The van der Waals surface area contributed by atoms with E-state index >= 15 is 0 Å². The van der Waals surface area contributed by atoms with Crippen molar-refractivity contribution in [3.05, 3.63) is 96.6 Å². The molecule has 0 N–H and O–H groups in total. The molecule has 0 radical (unpaired) electrons.